The van der Waals surface area contributed by atoms with E-state index in [1.807, 2.05) is 54.6 Å². The largest absolute Gasteiger partial charge is 0.497 e. The molecule has 0 saturated carbocycles. The molecule has 0 unspecified atom stereocenters. The van der Waals surface area contributed by atoms with Gasteiger partial charge in [-0.05, 0) is 54.3 Å². The van der Waals surface area contributed by atoms with Crippen LogP contribution in [0, 0.1) is 0 Å². The van der Waals surface area contributed by atoms with Crippen molar-refractivity contribution in [3.63, 3.8) is 0 Å². The van der Waals surface area contributed by atoms with Crippen molar-refractivity contribution < 1.29 is 9.84 Å². The molecule has 168 valence electrons. The summed E-state index contributed by atoms with van der Waals surface area (Å²) in [5.74, 6) is 0.639. The Balaban J connectivity index is 1.72. The van der Waals surface area contributed by atoms with Crippen LogP contribution in [0.2, 0.25) is 0 Å². The lowest BCUT2D eigenvalue weighted by molar-refractivity contribution is 0.412. The summed E-state index contributed by atoms with van der Waals surface area (Å²) in [4.78, 5) is 17.8. The topological polar surface area (TPSA) is 63.8 Å². The molecule has 1 heterocycles. The number of unbranched alkanes of at least 4 members (excludes halogenated alkanes) is 1. The number of aromatic hydroxyl groups is 1. The van der Waals surface area contributed by atoms with Crippen molar-refractivity contribution in [3.8, 4) is 11.6 Å². The molecule has 0 aliphatic carbocycles. The van der Waals surface area contributed by atoms with Gasteiger partial charge in [0.2, 0.25) is 5.88 Å². The Morgan fingerprint density at radius 1 is 0.939 bits per heavy atom. The van der Waals surface area contributed by atoms with Gasteiger partial charge in [-0.3, -0.25) is 14.4 Å². The Morgan fingerprint density at radius 3 is 2.27 bits per heavy atom. The summed E-state index contributed by atoms with van der Waals surface area (Å²) in [5, 5.41) is 12.3. The maximum Gasteiger partial charge on any atom is 0.261 e. The van der Waals surface area contributed by atoms with Gasteiger partial charge in [0.15, 0.2) is 0 Å². The molecule has 5 nitrogen and oxygen atoms in total. The number of aliphatic imine (C=N–C) groups is 1. The first-order valence-electron chi connectivity index (χ1n) is 11.2. The fourth-order valence-corrected chi connectivity index (χ4v) is 3.87. The van der Waals surface area contributed by atoms with Gasteiger partial charge >= 0.3 is 0 Å². The minimum absolute atomic E-state index is 0.0992. The molecule has 0 atom stereocenters. The van der Waals surface area contributed by atoms with Crippen molar-refractivity contribution in [2.75, 3.05) is 7.11 Å². The zero-order chi connectivity index (χ0) is 23.2. The van der Waals surface area contributed by atoms with Gasteiger partial charge in [0.25, 0.3) is 5.56 Å². The second-order valence-corrected chi connectivity index (χ2v) is 8.05. The number of hydrogen-bond donors (Lipinski definition) is 1. The van der Waals surface area contributed by atoms with Gasteiger partial charge in [-0.25, -0.2) is 0 Å². The zero-order valence-corrected chi connectivity index (χ0v) is 19.0. The maximum atomic E-state index is 13.2. The summed E-state index contributed by atoms with van der Waals surface area (Å²) in [6.07, 6.45) is 5.03. The van der Waals surface area contributed by atoms with Crippen LogP contribution >= 0.6 is 0 Å². The number of nitrogens with zero attached hydrogens (tertiary/aromatic N) is 2. The molecule has 0 radical (unpaired) electrons. The van der Waals surface area contributed by atoms with Gasteiger partial charge in [0.05, 0.1) is 24.9 Å². The molecule has 0 aliphatic rings. The third kappa shape index (κ3) is 4.98. The molecule has 0 bridgehead atoms. The Bertz CT molecular complexity index is 1320. The van der Waals surface area contributed by atoms with E-state index in [2.05, 4.69) is 24.0 Å². The first kappa shape index (κ1) is 22.3. The molecule has 5 heteroatoms. The van der Waals surface area contributed by atoms with Crippen LogP contribution in [0.5, 0.6) is 11.6 Å². The molecule has 4 rings (SSSR count). The summed E-state index contributed by atoms with van der Waals surface area (Å²) in [6, 6.07) is 22.9. The molecule has 3 aromatic carbocycles. The first-order valence-corrected chi connectivity index (χ1v) is 11.2. The first-order chi connectivity index (χ1) is 16.1. The van der Waals surface area contributed by atoms with E-state index < -0.39 is 0 Å². The van der Waals surface area contributed by atoms with Crippen molar-refractivity contribution in [2.24, 2.45) is 4.99 Å². The van der Waals surface area contributed by atoms with Gasteiger partial charge in [-0.1, -0.05) is 55.8 Å². The minimum atomic E-state index is -0.239. The second kappa shape index (κ2) is 10.2. The van der Waals surface area contributed by atoms with Crippen LogP contribution in [0.3, 0.4) is 0 Å². The van der Waals surface area contributed by atoms with Crippen molar-refractivity contribution >= 4 is 22.7 Å². The lowest BCUT2D eigenvalue weighted by Gasteiger charge is -2.14. The van der Waals surface area contributed by atoms with Crippen molar-refractivity contribution in [2.45, 2.75) is 32.7 Å². The molecule has 1 N–H and O–H groups in total. The van der Waals surface area contributed by atoms with E-state index >= 15 is 0 Å². The zero-order valence-electron chi connectivity index (χ0n) is 19.0. The third-order valence-corrected chi connectivity index (χ3v) is 5.79. The fraction of sp³-hybridized carbons (Fsp3) is 0.214. The van der Waals surface area contributed by atoms with Crippen LogP contribution in [-0.4, -0.2) is 23.0 Å². The Morgan fingerprint density at radius 2 is 1.61 bits per heavy atom. The van der Waals surface area contributed by atoms with E-state index in [0.29, 0.717) is 16.3 Å². The summed E-state index contributed by atoms with van der Waals surface area (Å²) in [5.41, 5.74) is 3.25. The van der Waals surface area contributed by atoms with Crippen LogP contribution in [-0.2, 0) is 13.0 Å². The van der Waals surface area contributed by atoms with Gasteiger partial charge in [-0.15, -0.1) is 0 Å². The molecule has 33 heavy (non-hydrogen) atoms. The Kier molecular flexibility index (Phi) is 6.89. The number of rotatable bonds is 8. The highest BCUT2D eigenvalue weighted by atomic mass is 16.5. The van der Waals surface area contributed by atoms with Gasteiger partial charge < -0.3 is 9.84 Å². The van der Waals surface area contributed by atoms with E-state index in [1.54, 1.807) is 19.4 Å². The number of hydrogen-bond acceptors (Lipinski definition) is 4. The number of aryl methyl sites for hydroxylation is 1. The molecule has 0 saturated heterocycles. The smallest absolute Gasteiger partial charge is 0.261 e. The average Bonchev–Trinajstić information content (AvgIpc) is 2.86. The van der Waals surface area contributed by atoms with Crippen LogP contribution < -0.4 is 10.3 Å². The van der Waals surface area contributed by atoms with E-state index in [-0.39, 0.29) is 18.0 Å². The van der Waals surface area contributed by atoms with Crippen LogP contribution in [0.1, 0.15) is 36.5 Å². The standard InChI is InChI=1S/C28H28N2O3/c1-3-4-7-20-10-14-22(15-11-20)29-18-26-24-8-5-6-9-25(24)27(31)30(28(26)32)19-21-12-16-23(33-2)17-13-21/h5-6,8-18,32H,3-4,7,19H2,1-2H3. The lowest BCUT2D eigenvalue weighted by Crippen LogP contribution is -2.22. The van der Waals surface area contributed by atoms with E-state index in [9.17, 15) is 9.90 Å². The SMILES string of the molecule is CCCCc1ccc(N=Cc2c(O)n(Cc3ccc(OC)cc3)c(=O)c3ccccc23)cc1. The molecule has 0 amide bonds. The molecular formula is C28H28N2O3. The molecule has 0 aliphatic heterocycles. The monoisotopic (exact) mass is 440 g/mol. The summed E-state index contributed by atoms with van der Waals surface area (Å²) >= 11 is 0. The van der Waals surface area contributed by atoms with E-state index in [1.165, 1.54) is 16.6 Å². The number of benzene rings is 3. The predicted octanol–water partition coefficient (Wildman–Crippen LogP) is 5.86. The van der Waals surface area contributed by atoms with Gasteiger partial charge in [0, 0.05) is 17.0 Å². The number of pyridine rings is 1. The van der Waals surface area contributed by atoms with Crippen molar-refractivity contribution in [3.05, 3.63) is 99.8 Å². The van der Waals surface area contributed by atoms with Gasteiger partial charge in [0.1, 0.15) is 5.75 Å². The number of methoxy groups -OCH3 is 1. The fourth-order valence-electron chi connectivity index (χ4n) is 3.87. The number of aromatic nitrogens is 1. The molecule has 0 spiro atoms. The van der Waals surface area contributed by atoms with Crippen LogP contribution in [0.4, 0.5) is 5.69 Å². The Hall–Kier alpha value is -3.86. The predicted molar refractivity (Wildman–Crippen MR) is 134 cm³/mol. The molecular weight excluding hydrogens is 412 g/mol. The third-order valence-electron chi connectivity index (χ3n) is 5.79. The summed E-state index contributed by atoms with van der Waals surface area (Å²) < 4.78 is 6.60. The number of ether oxygens (including phenoxy) is 1. The summed E-state index contributed by atoms with van der Waals surface area (Å²) in [7, 11) is 1.61. The van der Waals surface area contributed by atoms with Crippen molar-refractivity contribution in [1.82, 2.24) is 4.57 Å². The highest BCUT2D eigenvalue weighted by Crippen LogP contribution is 2.25. The second-order valence-electron chi connectivity index (χ2n) is 8.05. The summed E-state index contributed by atoms with van der Waals surface area (Å²) in [6.45, 7) is 2.43. The quantitative estimate of drug-likeness (QED) is 0.349. The van der Waals surface area contributed by atoms with E-state index in [4.69, 9.17) is 4.74 Å². The van der Waals surface area contributed by atoms with E-state index in [0.717, 1.165) is 29.8 Å². The maximum absolute atomic E-state index is 13.2. The molecule has 0 fully saturated rings. The lowest BCUT2D eigenvalue weighted by atomic mass is 10.1. The molecule has 4 aromatic rings. The Labute approximate surface area is 193 Å². The highest BCUT2D eigenvalue weighted by Gasteiger charge is 2.15. The molecule has 1 aromatic heterocycles. The van der Waals surface area contributed by atoms with Gasteiger partial charge in [-0.2, -0.15) is 0 Å². The van der Waals surface area contributed by atoms with Crippen LogP contribution in [0.15, 0.2) is 82.6 Å². The number of fused-ring (bicyclic) bond motifs is 1. The minimum Gasteiger partial charge on any atom is -0.497 e. The highest BCUT2D eigenvalue weighted by molar-refractivity contribution is 6.02. The van der Waals surface area contributed by atoms with Crippen molar-refractivity contribution in [1.29, 1.82) is 0 Å². The normalized spacial score (nSPS) is 11.3. The van der Waals surface area contributed by atoms with Crippen LogP contribution in [0.25, 0.3) is 10.8 Å². The average molecular weight is 441 g/mol.